The topological polar surface area (TPSA) is 58.2 Å². The van der Waals surface area contributed by atoms with Crippen LogP contribution in [0.25, 0.3) is 0 Å². The van der Waals surface area contributed by atoms with Crippen LogP contribution in [0.5, 0.6) is 0 Å². The van der Waals surface area contributed by atoms with E-state index in [1.165, 1.54) is 0 Å². The molecule has 2 N–H and O–H groups in total. The van der Waals surface area contributed by atoms with Gasteiger partial charge in [-0.25, -0.2) is 13.1 Å². The second-order valence-corrected chi connectivity index (χ2v) is 6.88. The van der Waals surface area contributed by atoms with Gasteiger partial charge in [0.15, 0.2) is 0 Å². The van der Waals surface area contributed by atoms with Crippen LogP contribution < -0.4 is 10.0 Å². The van der Waals surface area contributed by atoms with Crippen molar-refractivity contribution >= 4 is 10.0 Å². The first-order valence-electron chi connectivity index (χ1n) is 6.69. The molecule has 19 heavy (non-hydrogen) atoms. The Morgan fingerprint density at radius 3 is 2.63 bits per heavy atom. The van der Waals surface area contributed by atoms with Crippen molar-refractivity contribution in [1.29, 1.82) is 0 Å². The summed E-state index contributed by atoms with van der Waals surface area (Å²) in [6.07, 6.45) is 1.90. The van der Waals surface area contributed by atoms with Crippen LogP contribution in [0.15, 0.2) is 29.2 Å². The van der Waals surface area contributed by atoms with Gasteiger partial charge in [-0.2, -0.15) is 0 Å². The Balaban J connectivity index is 2.63. The lowest BCUT2D eigenvalue weighted by molar-refractivity contribution is 0.540. The molecule has 108 valence electrons. The predicted octanol–water partition coefficient (Wildman–Crippen LogP) is 2.12. The van der Waals surface area contributed by atoms with Gasteiger partial charge in [0.25, 0.3) is 0 Å². The van der Waals surface area contributed by atoms with Crippen molar-refractivity contribution < 1.29 is 8.42 Å². The first-order valence-corrected chi connectivity index (χ1v) is 8.17. The highest BCUT2D eigenvalue weighted by Crippen LogP contribution is 2.12. The van der Waals surface area contributed by atoms with Gasteiger partial charge in [-0.1, -0.05) is 26.0 Å². The van der Waals surface area contributed by atoms with E-state index in [0.29, 0.717) is 23.9 Å². The van der Waals surface area contributed by atoms with Crippen molar-refractivity contribution in [2.24, 2.45) is 5.92 Å². The zero-order chi connectivity index (χ0) is 14.3. The molecule has 0 atom stereocenters. The van der Waals surface area contributed by atoms with Gasteiger partial charge in [0.2, 0.25) is 10.0 Å². The highest BCUT2D eigenvalue weighted by molar-refractivity contribution is 7.89. The maximum Gasteiger partial charge on any atom is 0.240 e. The molecule has 0 amide bonds. The first-order chi connectivity index (χ1) is 8.95. The number of sulfonamides is 1. The van der Waals surface area contributed by atoms with Crippen LogP contribution in [0.4, 0.5) is 0 Å². The minimum absolute atomic E-state index is 0.338. The summed E-state index contributed by atoms with van der Waals surface area (Å²) < 4.78 is 26.9. The van der Waals surface area contributed by atoms with Gasteiger partial charge in [0.05, 0.1) is 4.90 Å². The lowest BCUT2D eigenvalue weighted by atomic mass is 10.1. The standard InChI is InChI=1S/C14H24N2O2S/c1-12(2)6-5-9-16-19(17,18)14-8-4-7-13(10-14)11-15-3/h4,7-8,10,12,15-16H,5-6,9,11H2,1-3H3. The van der Waals surface area contributed by atoms with Crippen molar-refractivity contribution in [1.82, 2.24) is 10.0 Å². The third-order valence-electron chi connectivity index (χ3n) is 2.84. The summed E-state index contributed by atoms with van der Waals surface area (Å²) in [5, 5.41) is 3.01. The van der Waals surface area contributed by atoms with Crippen molar-refractivity contribution in [3.05, 3.63) is 29.8 Å². The highest BCUT2D eigenvalue weighted by Gasteiger charge is 2.13. The summed E-state index contributed by atoms with van der Waals surface area (Å²) in [4.78, 5) is 0.338. The summed E-state index contributed by atoms with van der Waals surface area (Å²) >= 11 is 0. The Bertz CT molecular complexity index is 484. The smallest absolute Gasteiger partial charge is 0.240 e. The average Bonchev–Trinajstić information content (AvgIpc) is 2.35. The number of hydrogen-bond donors (Lipinski definition) is 2. The van der Waals surface area contributed by atoms with E-state index in [1.54, 1.807) is 18.2 Å². The van der Waals surface area contributed by atoms with Gasteiger partial charge in [-0.15, -0.1) is 0 Å². The van der Waals surface area contributed by atoms with Gasteiger partial charge in [0, 0.05) is 13.1 Å². The molecule has 0 spiro atoms. The molecule has 4 nitrogen and oxygen atoms in total. The monoisotopic (exact) mass is 284 g/mol. The Morgan fingerprint density at radius 2 is 2.00 bits per heavy atom. The molecule has 0 heterocycles. The number of rotatable bonds is 8. The summed E-state index contributed by atoms with van der Waals surface area (Å²) in [5.74, 6) is 0.600. The summed E-state index contributed by atoms with van der Waals surface area (Å²) in [7, 11) is -1.54. The van der Waals surface area contributed by atoms with Crippen LogP contribution in [-0.2, 0) is 16.6 Å². The molecular weight excluding hydrogens is 260 g/mol. The predicted molar refractivity (Wildman–Crippen MR) is 78.5 cm³/mol. The number of benzene rings is 1. The van der Waals surface area contributed by atoms with Crippen LogP contribution in [-0.4, -0.2) is 22.0 Å². The van der Waals surface area contributed by atoms with Crippen molar-refractivity contribution in [2.75, 3.05) is 13.6 Å². The van der Waals surface area contributed by atoms with E-state index in [0.717, 1.165) is 18.4 Å². The molecule has 0 saturated heterocycles. The molecule has 0 aliphatic heterocycles. The van der Waals surface area contributed by atoms with Crippen LogP contribution in [0.1, 0.15) is 32.3 Å². The normalized spacial score (nSPS) is 12.0. The molecular formula is C14H24N2O2S. The van der Waals surface area contributed by atoms with E-state index < -0.39 is 10.0 Å². The maximum absolute atomic E-state index is 12.1. The lowest BCUT2D eigenvalue weighted by Crippen LogP contribution is -2.25. The Hall–Kier alpha value is -0.910. The number of nitrogens with one attached hydrogen (secondary N) is 2. The van der Waals surface area contributed by atoms with Crippen LogP contribution >= 0.6 is 0 Å². The zero-order valence-corrected chi connectivity index (χ0v) is 12.8. The van der Waals surface area contributed by atoms with E-state index in [2.05, 4.69) is 23.9 Å². The van der Waals surface area contributed by atoms with E-state index >= 15 is 0 Å². The fourth-order valence-electron chi connectivity index (χ4n) is 1.83. The molecule has 0 radical (unpaired) electrons. The molecule has 0 unspecified atom stereocenters. The first kappa shape index (κ1) is 16.1. The quantitative estimate of drug-likeness (QED) is 0.719. The lowest BCUT2D eigenvalue weighted by Gasteiger charge is -2.09. The van der Waals surface area contributed by atoms with E-state index in [4.69, 9.17) is 0 Å². The summed E-state index contributed by atoms with van der Waals surface area (Å²) in [6, 6.07) is 7.02. The average molecular weight is 284 g/mol. The van der Waals surface area contributed by atoms with Gasteiger partial charge < -0.3 is 5.32 Å². The maximum atomic E-state index is 12.1. The molecule has 0 saturated carbocycles. The minimum atomic E-state index is -3.38. The molecule has 1 aromatic carbocycles. The second kappa shape index (κ2) is 7.62. The second-order valence-electron chi connectivity index (χ2n) is 5.11. The van der Waals surface area contributed by atoms with E-state index in [1.807, 2.05) is 13.1 Å². The SMILES string of the molecule is CNCc1cccc(S(=O)(=O)NCCCC(C)C)c1. The van der Waals surface area contributed by atoms with Gasteiger partial charge in [-0.05, 0) is 43.5 Å². The van der Waals surface area contributed by atoms with Gasteiger partial charge >= 0.3 is 0 Å². The van der Waals surface area contributed by atoms with Crippen molar-refractivity contribution in [3.8, 4) is 0 Å². The molecule has 0 aromatic heterocycles. The highest BCUT2D eigenvalue weighted by atomic mass is 32.2. The van der Waals surface area contributed by atoms with E-state index in [-0.39, 0.29) is 0 Å². The summed E-state index contributed by atoms with van der Waals surface area (Å²) in [6.45, 7) is 5.43. The van der Waals surface area contributed by atoms with Crippen molar-refractivity contribution in [3.63, 3.8) is 0 Å². The minimum Gasteiger partial charge on any atom is -0.316 e. The van der Waals surface area contributed by atoms with Gasteiger partial charge in [0.1, 0.15) is 0 Å². The largest absolute Gasteiger partial charge is 0.316 e. The Kier molecular flexibility index (Phi) is 6.48. The molecule has 1 aromatic rings. The van der Waals surface area contributed by atoms with Gasteiger partial charge in [-0.3, -0.25) is 0 Å². The number of hydrogen-bond acceptors (Lipinski definition) is 3. The zero-order valence-electron chi connectivity index (χ0n) is 11.9. The third kappa shape index (κ3) is 5.72. The third-order valence-corrected chi connectivity index (χ3v) is 4.30. The van der Waals surface area contributed by atoms with Crippen LogP contribution in [0.3, 0.4) is 0 Å². The van der Waals surface area contributed by atoms with Crippen LogP contribution in [0.2, 0.25) is 0 Å². The molecule has 0 aliphatic rings. The molecule has 1 rings (SSSR count). The molecule has 0 fully saturated rings. The summed E-state index contributed by atoms with van der Waals surface area (Å²) in [5.41, 5.74) is 0.965. The Morgan fingerprint density at radius 1 is 1.26 bits per heavy atom. The van der Waals surface area contributed by atoms with Crippen LogP contribution in [0, 0.1) is 5.92 Å². The Labute approximate surface area is 116 Å². The fraction of sp³-hybridized carbons (Fsp3) is 0.571. The van der Waals surface area contributed by atoms with E-state index in [9.17, 15) is 8.42 Å². The molecule has 0 aliphatic carbocycles. The fourth-order valence-corrected chi connectivity index (χ4v) is 2.97. The molecule has 0 bridgehead atoms. The molecule has 5 heteroatoms. The van der Waals surface area contributed by atoms with Crippen molar-refractivity contribution in [2.45, 2.75) is 38.1 Å².